The molecule has 0 aliphatic rings. The van der Waals surface area contributed by atoms with E-state index in [4.69, 9.17) is 28.9 Å². The molecule has 8 heteroatoms. The van der Waals surface area contributed by atoms with E-state index in [0.29, 0.717) is 29.0 Å². The number of nitrogens with one attached hydrogen (secondary N) is 2. The van der Waals surface area contributed by atoms with E-state index < -0.39 is 6.04 Å². The minimum absolute atomic E-state index is 0. The molecule has 0 fully saturated rings. The van der Waals surface area contributed by atoms with Crippen LogP contribution in [0.5, 0.6) is 0 Å². The van der Waals surface area contributed by atoms with Crippen LogP contribution in [-0.2, 0) is 4.79 Å². The van der Waals surface area contributed by atoms with E-state index >= 15 is 0 Å². The third-order valence-electron chi connectivity index (χ3n) is 1.94. The van der Waals surface area contributed by atoms with Crippen molar-refractivity contribution >= 4 is 47.3 Å². The van der Waals surface area contributed by atoms with Crippen molar-refractivity contribution in [2.45, 2.75) is 13.0 Å². The Hall–Kier alpha value is -0.750. The van der Waals surface area contributed by atoms with Gasteiger partial charge in [0.25, 0.3) is 0 Å². The zero-order valence-corrected chi connectivity index (χ0v) is 12.1. The number of anilines is 1. The van der Waals surface area contributed by atoms with Crippen LogP contribution < -0.4 is 16.4 Å². The van der Waals surface area contributed by atoms with E-state index in [1.807, 2.05) is 0 Å². The number of hydrogen-bond donors (Lipinski definition) is 3. The number of carbonyl (C=O) groups is 1. The predicted molar refractivity (Wildman–Crippen MR) is 76.7 cm³/mol. The molecule has 0 saturated heterocycles. The zero-order chi connectivity index (χ0) is 12.8. The maximum atomic E-state index is 11.1. The lowest BCUT2D eigenvalue weighted by atomic mass is 10.3. The Bertz CT molecular complexity index is 401. The summed E-state index contributed by atoms with van der Waals surface area (Å²) in [4.78, 5) is 15.2. The topological polar surface area (TPSA) is 80.0 Å². The second-order valence-electron chi connectivity index (χ2n) is 3.49. The molecule has 0 spiro atoms. The van der Waals surface area contributed by atoms with E-state index in [0.717, 1.165) is 0 Å². The standard InChI is InChI=1S/C10H14Cl2N4O.ClH/c1-6(13)10(17)15-3-2-14-9-8(12)4-7(11)5-16-9;/h4-6H,2-3,13H2,1H3,(H,14,16)(H,15,17);1H. The molecule has 0 aliphatic carbocycles. The summed E-state index contributed by atoms with van der Waals surface area (Å²) >= 11 is 11.6. The smallest absolute Gasteiger partial charge is 0.236 e. The van der Waals surface area contributed by atoms with Crippen LogP contribution in [0.2, 0.25) is 10.0 Å². The zero-order valence-electron chi connectivity index (χ0n) is 9.74. The molecule has 1 heterocycles. The number of hydrogen-bond acceptors (Lipinski definition) is 4. The van der Waals surface area contributed by atoms with Crippen LogP contribution in [0.1, 0.15) is 6.92 Å². The van der Waals surface area contributed by atoms with Gasteiger partial charge in [-0.15, -0.1) is 12.4 Å². The number of nitrogens with two attached hydrogens (primary N) is 1. The molecular weight excluding hydrogens is 298 g/mol. The Morgan fingerprint density at radius 3 is 2.72 bits per heavy atom. The Kier molecular flexibility index (Phi) is 8.02. The molecule has 0 aromatic carbocycles. The van der Waals surface area contributed by atoms with E-state index in [1.165, 1.54) is 6.20 Å². The van der Waals surface area contributed by atoms with Gasteiger partial charge in [-0.3, -0.25) is 4.79 Å². The van der Waals surface area contributed by atoms with Crippen molar-refractivity contribution in [2.24, 2.45) is 5.73 Å². The summed E-state index contributed by atoms with van der Waals surface area (Å²) in [6.45, 7) is 2.58. The fourth-order valence-corrected chi connectivity index (χ4v) is 1.52. The van der Waals surface area contributed by atoms with E-state index in [-0.39, 0.29) is 18.3 Å². The van der Waals surface area contributed by atoms with Gasteiger partial charge in [0.2, 0.25) is 5.91 Å². The number of pyridine rings is 1. The summed E-state index contributed by atoms with van der Waals surface area (Å²) in [5.74, 6) is 0.341. The van der Waals surface area contributed by atoms with Crippen LogP contribution in [0.3, 0.4) is 0 Å². The second kappa shape index (κ2) is 8.37. The molecule has 1 amide bonds. The molecule has 0 aliphatic heterocycles. The van der Waals surface area contributed by atoms with Crippen molar-refractivity contribution < 1.29 is 4.79 Å². The average molecular weight is 314 g/mol. The molecule has 1 rings (SSSR count). The normalized spacial score (nSPS) is 11.3. The molecule has 0 bridgehead atoms. The third-order valence-corrected chi connectivity index (χ3v) is 2.43. The van der Waals surface area contributed by atoms with Gasteiger partial charge in [-0.05, 0) is 13.0 Å². The lowest BCUT2D eigenvalue weighted by Gasteiger charge is -2.09. The molecule has 1 unspecified atom stereocenters. The lowest BCUT2D eigenvalue weighted by molar-refractivity contribution is -0.121. The highest BCUT2D eigenvalue weighted by atomic mass is 35.5. The highest BCUT2D eigenvalue weighted by Gasteiger charge is 2.06. The van der Waals surface area contributed by atoms with Gasteiger partial charge in [-0.25, -0.2) is 4.98 Å². The maximum absolute atomic E-state index is 11.1. The highest BCUT2D eigenvalue weighted by Crippen LogP contribution is 2.21. The van der Waals surface area contributed by atoms with Crippen LogP contribution in [0.25, 0.3) is 0 Å². The van der Waals surface area contributed by atoms with Crippen molar-refractivity contribution in [1.29, 1.82) is 0 Å². The number of rotatable bonds is 5. The Morgan fingerprint density at radius 1 is 1.50 bits per heavy atom. The van der Waals surface area contributed by atoms with E-state index in [1.54, 1.807) is 13.0 Å². The van der Waals surface area contributed by atoms with Crippen LogP contribution in [-0.4, -0.2) is 30.0 Å². The molecule has 0 radical (unpaired) electrons. The molecule has 5 nitrogen and oxygen atoms in total. The van der Waals surface area contributed by atoms with Crippen LogP contribution in [0.4, 0.5) is 5.82 Å². The van der Waals surface area contributed by atoms with Gasteiger partial charge in [0.1, 0.15) is 5.82 Å². The van der Waals surface area contributed by atoms with Crippen LogP contribution in [0, 0.1) is 0 Å². The van der Waals surface area contributed by atoms with Gasteiger partial charge >= 0.3 is 0 Å². The third kappa shape index (κ3) is 5.73. The second-order valence-corrected chi connectivity index (χ2v) is 4.33. The van der Waals surface area contributed by atoms with Gasteiger partial charge in [-0.2, -0.15) is 0 Å². The molecule has 18 heavy (non-hydrogen) atoms. The monoisotopic (exact) mass is 312 g/mol. The van der Waals surface area contributed by atoms with Crippen molar-refractivity contribution in [2.75, 3.05) is 18.4 Å². The van der Waals surface area contributed by atoms with E-state index in [2.05, 4.69) is 15.6 Å². The number of nitrogens with zero attached hydrogens (tertiary/aromatic N) is 1. The summed E-state index contributed by atoms with van der Waals surface area (Å²) in [7, 11) is 0. The number of halogens is 3. The molecule has 4 N–H and O–H groups in total. The van der Waals surface area contributed by atoms with Gasteiger partial charge in [0.15, 0.2) is 0 Å². The predicted octanol–water partition coefficient (Wildman–Crippen LogP) is 1.69. The average Bonchev–Trinajstić information content (AvgIpc) is 2.26. The highest BCUT2D eigenvalue weighted by molar-refractivity contribution is 6.35. The maximum Gasteiger partial charge on any atom is 0.236 e. The Morgan fingerprint density at radius 2 is 2.17 bits per heavy atom. The minimum atomic E-state index is -0.507. The van der Waals surface area contributed by atoms with Crippen molar-refractivity contribution in [3.05, 3.63) is 22.3 Å². The largest absolute Gasteiger partial charge is 0.367 e. The summed E-state index contributed by atoms with van der Waals surface area (Å²) in [5, 5.41) is 6.56. The minimum Gasteiger partial charge on any atom is -0.367 e. The number of carbonyl (C=O) groups excluding carboxylic acids is 1. The van der Waals surface area contributed by atoms with Crippen LogP contribution in [0.15, 0.2) is 12.3 Å². The Balaban J connectivity index is 0.00000289. The summed E-state index contributed by atoms with van der Waals surface area (Å²) in [6.07, 6.45) is 1.50. The first kappa shape index (κ1) is 17.2. The van der Waals surface area contributed by atoms with E-state index in [9.17, 15) is 4.79 Å². The molecule has 0 saturated carbocycles. The summed E-state index contributed by atoms with van der Waals surface area (Å²) < 4.78 is 0. The molecule has 1 atom stereocenters. The van der Waals surface area contributed by atoms with Crippen molar-refractivity contribution in [3.8, 4) is 0 Å². The first-order valence-electron chi connectivity index (χ1n) is 5.09. The first-order chi connectivity index (χ1) is 8.00. The number of amides is 1. The SMILES string of the molecule is CC(N)C(=O)NCCNc1ncc(Cl)cc1Cl.Cl. The quantitative estimate of drug-likeness (QED) is 0.723. The first-order valence-corrected chi connectivity index (χ1v) is 5.84. The fraction of sp³-hybridized carbons (Fsp3) is 0.400. The number of aromatic nitrogens is 1. The molecule has 1 aromatic heterocycles. The summed E-state index contributed by atoms with van der Waals surface area (Å²) in [5.41, 5.74) is 5.39. The van der Waals surface area contributed by atoms with Gasteiger partial charge in [0.05, 0.1) is 16.1 Å². The Labute approximate surface area is 122 Å². The van der Waals surface area contributed by atoms with Crippen LogP contribution >= 0.6 is 35.6 Å². The molecular formula is C10H15Cl3N4O. The molecule has 1 aromatic rings. The lowest BCUT2D eigenvalue weighted by Crippen LogP contribution is -2.40. The van der Waals surface area contributed by atoms with Gasteiger partial charge < -0.3 is 16.4 Å². The fourth-order valence-electron chi connectivity index (χ4n) is 1.07. The summed E-state index contributed by atoms with van der Waals surface area (Å²) in [6, 6.07) is 1.09. The van der Waals surface area contributed by atoms with Gasteiger partial charge in [0, 0.05) is 19.3 Å². The van der Waals surface area contributed by atoms with Crippen molar-refractivity contribution in [1.82, 2.24) is 10.3 Å². The molecule has 102 valence electrons. The van der Waals surface area contributed by atoms with Crippen molar-refractivity contribution in [3.63, 3.8) is 0 Å². The van der Waals surface area contributed by atoms with Gasteiger partial charge in [-0.1, -0.05) is 23.2 Å².